The highest BCUT2D eigenvalue weighted by Crippen LogP contribution is 2.33. The van der Waals surface area contributed by atoms with E-state index in [0.29, 0.717) is 22.7 Å². The molecule has 1 N–H and O–H groups in total. The van der Waals surface area contributed by atoms with Crippen molar-refractivity contribution in [2.24, 2.45) is 0 Å². The monoisotopic (exact) mass is 468 g/mol. The molecule has 0 saturated carbocycles. The first-order chi connectivity index (χ1) is 15.8. The zero-order valence-electron chi connectivity index (χ0n) is 18.4. The fourth-order valence-corrected chi connectivity index (χ4v) is 4.60. The van der Waals surface area contributed by atoms with Crippen LogP contribution in [0.5, 0.6) is 11.5 Å². The highest BCUT2D eigenvalue weighted by atomic mass is 32.2. The molecule has 0 aliphatic heterocycles. The molecule has 1 amide bonds. The van der Waals surface area contributed by atoms with Gasteiger partial charge < -0.3 is 14.8 Å². The van der Waals surface area contributed by atoms with Gasteiger partial charge in [-0.3, -0.25) is 13.9 Å². The first-order valence-corrected chi connectivity index (χ1v) is 11.4. The molecular formula is C24H24N2O6S. The number of anilines is 2. The Morgan fingerprint density at radius 2 is 1.58 bits per heavy atom. The summed E-state index contributed by atoms with van der Waals surface area (Å²) in [6.07, 6.45) is 0. The van der Waals surface area contributed by atoms with Gasteiger partial charge >= 0.3 is 0 Å². The van der Waals surface area contributed by atoms with E-state index in [2.05, 4.69) is 5.32 Å². The van der Waals surface area contributed by atoms with Crippen molar-refractivity contribution in [3.05, 3.63) is 78.4 Å². The zero-order valence-corrected chi connectivity index (χ0v) is 19.3. The Morgan fingerprint density at radius 3 is 2.21 bits per heavy atom. The third-order valence-corrected chi connectivity index (χ3v) is 6.61. The first kappa shape index (κ1) is 23.8. The summed E-state index contributed by atoms with van der Waals surface area (Å²) >= 11 is 0. The molecule has 0 heterocycles. The second kappa shape index (κ2) is 10.2. The van der Waals surface area contributed by atoms with E-state index in [1.807, 2.05) is 0 Å². The Balaban J connectivity index is 1.98. The summed E-state index contributed by atoms with van der Waals surface area (Å²) in [5.74, 6) is 0.0105. The Bertz CT molecular complexity index is 1260. The number of hydrogen-bond donors (Lipinski definition) is 1. The third kappa shape index (κ3) is 5.50. The topological polar surface area (TPSA) is 102 Å². The Kier molecular flexibility index (Phi) is 7.34. The predicted molar refractivity (Wildman–Crippen MR) is 126 cm³/mol. The van der Waals surface area contributed by atoms with Crippen LogP contribution in [0.15, 0.2) is 77.7 Å². The SMILES string of the molecule is COc1ccc(N(CC(=O)Nc2cccc(C(C)=O)c2)S(=O)(=O)c2ccccc2)cc1OC. The number of amides is 1. The van der Waals surface area contributed by atoms with Gasteiger partial charge in [0.15, 0.2) is 17.3 Å². The van der Waals surface area contributed by atoms with Crippen LogP contribution < -0.4 is 19.1 Å². The molecular weight excluding hydrogens is 444 g/mol. The van der Waals surface area contributed by atoms with Crippen molar-refractivity contribution < 1.29 is 27.5 Å². The standard InChI is InChI=1S/C24H24N2O6S/c1-17(27)18-8-7-9-19(14-18)25-24(28)16-26(33(29,30)21-10-5-4-6-11-21)20-12-13-22(31-2)23(15-20)32-3/h4-15H,16H2,1-3H3,(H,25,28). The number of hydrogen-bond acceptors (Lipinski definition) is 6. The zero-order chi connectivity index (χ0) is 24.0. The van der Waals surface area contributed by atoms with E-state index in [1.54, 1.807) is 42.5 Å². The maximum Gasteiger partial charge on any atom is 0.264 e. The fraction of sp³-hybridized carbons (Fsp3) is 0.167. The van der Waals surface area contributed by atoms with Crippen molar-refractivity contribution in [2.45, 2.75) is 11.8 Å². The van der Waals surface area contributed by atoms with Gasteiger partial charge in [0, 0.05) is 17.3 Å². The Morgan fingerprint density at radius 1 is 0.879 bits per heavy atom. The van der Waals surface area contributed by atoms with Gasteiger partial charge in [0.2, 0.25) is 5.91 Å². The molecule has 0 aromatic heterocycles. The van der Waals surface area contributed by atoms with Crippen molar-refractivity contribution in [1.29, 1.82) is 0 Å². The molecule has 0 aliphatic carbocycles. The van der Waals surface area contributed by atoms with E-state index in [0.717, 1.165) is 4.31 Å². The van der Waals surface area contributed by atoms with Crippen LogP contribution in [0.3, 0.4) is 0 Å². The molecule has 172 valence electrons. The number of carbonyl (C=O) groups is 2. The average Bonchev–Trinajstić information content (AvgIpc) is 2.82. The molecule has 8 nitrogen and oxygen atoms in total. The summed E-state index contributed by atoms with van der Waals surface area (Å²) in [4.78, 5) is 24.5. The Hall–Kier alpha value is -3.85. The van der Waals surface area contributed by atoms with E-state index in [-0.39, 0.29) is 16.4 Å². The van der Waals surface area contributed by atoms with Gasteiger partial charge in [-0.1, -0.05) is 30.3 Å². The van der Waals surface area contributed by atoms with E-state index >= 15 is 0 Å². The molecule has 0 saturated heterocycles. The average molecular weight is 469 g/mol. The van der Waals surface area contributed by atoms with Gasteiger partial charge in [0.1, 0.15) is 6.54 Å². The number of benzene rings is 3. The molecule has 3 rings (SSSR count). The predicted octanol–water partition coefficient (Wildman–Crippen LogP) is 3.74. The number of ketones is 1. The molecule has 0 spiro atoms. The summed E-state index contributed by atoms with van der Waals surface area (Å²) in [6, 6.07) is 18.8. The summed E-state index contributed by atoms with van der Waals surface area (Å²) in [6.45, 7) is 0.920. The second-order valence-electron chi connectivity index (χ2n) is 7.05. The van der Waals surface area contributed by atoms with Crippen LogP contribution in [0.2, 0.25) is 0 Å². The van der Waals surface area contributed by atoms with Gasteiger partial charge in [-0.25, -0.2) is 8.42 Å². The largest absolute Gasteiger partial charge is 0.493 e. The number of nitrogens with zero attached hydrogens (tertiary/aromatic N) is 1. The fourth-order valence-electron chi connectivity index (χ4n) is 3.16. The minimum Gasteiger partial charge on any atom is -0.493 e. The van der Waals surface area contributed by atoms with E-state index in [4.69, 9.17) is 9.47 Å². The van der Waals surface area contributed by atoms with Gasteiger partial charge in [0.05, 0.1) is 24.8 Å². The summed E-state index contributed by atoms with van der Waals surface area (Å²) in [5.41, 5.74) is 1.04. The normalized spacial score (nSPS) is 10.9. The molecule has 33 heavy (non-hydrogen) atoms. The van der Waals surface area contributed by atoms with Crippen LogP contribution in [-0.2, 0) is 14.8 Å². The lowest BCUT2D eigenvalue weighted by molar-refractivity contribution is -0.114. The van der Waals surface area contributed by atoms with E-state index in [9.17, 15) is 18.0 Å². The summed E-state index contributed by atoms with van der Waals surface area (Å²) in [5, 5.41) is 2.66. The highest BCUT2D eigenvalue weighted by Gasteiger charge is 2.28. The van der Waals surface area contributed by atoms with Crippen LogP contribution in [0.25, 0.3) is 0 Å². The molecule has 9 heteroatoms. The van der Waals surface area contributed by atoms with Gasteiger partial charge in [-0.2, -0.15) is 0 Å². The smallest absolute Gasteiger partial charge is 0.264 e. The number of rotatable bonds is 9. The van der Waals surface area contributed by atoms with Crippen molar-refractivity contribution >= 4 is 33.1 Å². The van der Waals surface area contributed by atoms with Gasteiger partial charge in [-0.15, -0.1) is 0 Å². The summed E-state index contributed by atoms with van der Waals surface area (Å²) in [7, 11) is -1.18. The molecule has 0 bridgehead atoms. The maximum absolute atomic E-state index is 13.4. The Labute approximate surface area is 192 Å². The van der Waals surface area contributed by atoms with E-state index in [1.165, 1.54) is 51.5 Å². The van der Waals surface area contributed by atoms with Gasteiger partial charge in [-0.05, 0) is 43.3 Å². The lowest BCUT2D eigenvalue weighted by Crippen LogP contribution is -2.38. The molecule has 0 aliphatic rings. The maximum atomic E-state index is 13.4. The molecule has 0 radical (unpaired) electrons. The van der Waals surface area contributed by atoms with Crippen molar-refractivity contribution in [3.8, 4) is 11.5 Å². The minimum absolute atomic E-state index is 0.0335. The lowest BCUT2D eigenvalue weighted by Gasteiger charge is -2.25. The van der Waals surface area contributed by atoms with Gasteiger partial charge in [0.25, 0.3) is 10.0 Å². The second-order valence-corrected chi connectivity index (χ2v) is 8.91. The molecule has 0 fully saturated rings. The third-order valence-electron chi connectivity index (χ3n) is 4.83. The van der Waals surface area contributed by atoms with Crippen LogP contribution in [0, 0.1) is 0 Å². The van der Waals surface area contributed by atoms with Crippen molar-refractivity contribution in [1.82, 2.24) is 0 Å². The number of ether oxygens (including phenoxy) is 2. The molecule has 0 atom stereocenters. The number of Topliss-reactive ketones (excluding diaryl/α,β-unsaturated/α-hetero) is 1. The quantitative estimate of drug-likeness (QED) is 0.480. The number of methoxy groups -OCH3 is 2. The number of nitrogens with one attached hydrogen (secondary N) is 1. The number of sulfonamides is 1. The molecule has 3 aromatic rings. The van der Waals surface area contributed by atoms with E-state index < -0.39 is 22.5 Å². The van der Waals surface area contributed by atoms with Crippen molar-refractivity contribution in [2.75, 3.05) is 30.4 Å². The summed E-state index contributed by atoms with van der Waals surface area (Å²) < 4.78 is 38.4. The minimum atomic E-state index is -4.09. The van der Waals surface area contributed by atoms with Crippen LogP contribution in [-0.4, -0.2) is 40.9 Å². The van der Waals surface area contributed by atoms with Crippen LogP contribution >= 0.6 is 0 Å². The first-order valence-electron chi connectivity index (χ1n) is 9.97. The lowest BCUT2D eigenvalue weighted by atomic mass is 10.1. The molecule has 3 aromatic carbocycles. The molecule has 0 unspecified atom stereocenters. The van der Waals surface area contributed by atoms with Crippen LogP contribution in [0.4, 0.5) is 11.4 Å². The number of carbonyl (C=O) groups excluding carboxylic acids is 2. The highest BCUT2D eigenvalue weighted by molar-refractivity contribution is 7.92. The van der Waals surface area contributed by atoms with Crippen LogP contribution in [0.1, 0.15) is 17.3 Å². The van der Waals surface area contributed by atoms with Crippen molar-refractivity contribution in [3.63, 3.8) is 0 Å².